The monoisotopic (exact) mass is 309 g/mol. The third-order valence-electron chi connectivity index (χ3n) is 3.20. The summed E-state index contributed by atoms with van der Waals surface area (Å²) in [7, 11) is 0. The van der Waals surface area contributed by atoms with Crippen LogP contribution in [0.5, 0.6) is 0 Å². The lowest BCUT2D eigenvalue weighted by atomic mass is 10.2. The van der Waals surface area contributed by atoms with Crippen LogP contribution >= 0.6 is 11.8 Å². The third-order valence-corrected chi connectivity index (χ3v) is 4.26. The van der Waals surface area contributed by atoms with Gasteiger partial charge in [-0.2, -0.15) is 5.26 Å². The Morgan fingerprint density at radius 3 is 2.76 bits per heavy atom. The van der Waals surface area contributed by atoms with Crippen LogP contribution in [0.15, 0.2) is 5.16 Å². The topological polar surface area (TPSA) is 67.0 Å². The Morgan fingerprint density at radius 1 is 1.33 bits per heavy atom. The van der Waals surface area contributed by atoms with Crippen molar-refractivity contribution in [3.8, 4) is 6.07 Å². The summed E-state index contributed by atoms with van der Waals surface area (Å²) in [6, 6.07) is 2.18. The number of hydrogen-bond acceptors (Lipinski definition) is 6. The molecule has 1 aliphatic heterocycles. The van der Waals surface area contributed by atoms with Gasteiger partial charge >= 0.3 is 0 Å². The highest BCUT2D eigenvalue weighted by Gasteiger charge is 2.20. The lowest BCUT2D eigenvalue weighted by Gasteiger charge is -2.28. The van der Waals surface area contributed by atoms with Crippen LogP contribution in [0, 0.1) is 17.2 Å². The fourth-order valence-electron chi connectivity index (χ4n) is 2.22. The van der Waals surface area contributed by atoms with Crippen molar-refractivity contribution in [2.24, 2.45) is 5.92 Å². The van der Waals surface area contributed by atoms with E-state index in [2.05, 4.69) is 39.6 Å². The number of hydrogen-bond donors (Lipinski definition) is 0. The number of aromatic nitrogens is 3. The van der Waals surface area contributed by atoms with E-state index in [0.717, 1.165) is 56.1 Å². The molecule has 0 unspecified atom stereocenters. The fraction of sp³-hybridized carbons (Fsp3) is 0.786. The first-order valence-electron chi connectivity index (χ1n) is 7.48. The van der Waals surface area contributed by atoms with E-state index in [1.54, 1.807) is 11.8 Å². The first-order valence-corrected chi connectivity index (χ1v) is 8.46. The molecule has 0 radical (unpaired) electrons. The predicted octanol–water partition coefficient (Wildman–Crippen LogP) is 2.17. The summed E-state index contributed by atoms with van der Waals surface area (Å²) in [5.74, 6) is 2.40. The highest BCUT2D eigenvalue weighted by molar-refractivity contribution is 7.99. The Hall–Kier alpha value is -1.26. The van der Waals surface area contributed by atoms with E-state index in [1.807, 2.05) is 0 Å². The van der Waals surface area contributed by atoms with Gasteiger partial charge in [0.05, 0.1) is 19.3 Å². The van der Waals surface area contributed by atoms with Gasteiger partial charge < -0.3 is 9.64 Å². The molecule has 0 N–H and O–H groups in total. The summed E-state index contributed by atoms with van der Waals surface area (Å²) < 4.78 is 7.62. The molecule has 0 saturated carbocycles. The van der Waals surface area contributed by atoms with E-state index in [9.17, 15) is 0 Å². The Labute approximate surface area is 130 Å². The van der Waals surface area contributed by atoms with Gasteiger partial charge in [0.15, 0.2) is 5.16 Å². The lowest BCUT2D eigenvalue weighted by Crippen LogP contribution is -2.38. The smallest absolute Gasteiger partial charge is 0.228 e. The third kappa shape index (κ3) is 4.61. The number of nitriles is 1. The molecule has 1 fully saturated rings. The average molecular weight is 309 g/mol. The maximum Gasteiger partial charge on any atom is 0.228 e. The maximum absolute atomic E-state index is 8.60. The van der Waals surface area contributed by atoms with Crippen LogP contribution in [0.4, 0.5) is 5.95 Å². The Kier molecular flexibility index (Phi) is 6.33. The highest BCUT2D eigenvalue weighted by Crippen LogP contribution is 2.24. The summed E-state index contributed by atoms with van der Waals surface area (Å²) in [4.78, 5) is 2.25. The molecule has 1 aromatic rings. The Bertz CT molecular complexity index is 476. The lowest BCUT2D eigenvalue weighted by molar-refractivity contribution is 0.121. The van der Waals surface area contributed by atoms with E-state index in [0.29, 0.717) is 12.3 Å². The largest absolute Gasteiger partial charge is 0.378 e. The van der Waals surface area contributed by atoms with Crippen LogP contribution in [0.2, 0.25) is 0 Å². The first-order chi connectivity index (χ1) is 10.2. The molecule has 0 aliphatic carbocycles. The standard InChI is InChI=1S/C14H23N5OS/c1-12(2)11-19-13(18-6-8-20-9-7-18)16-17-14(19)21-10-4-3-5-15/h12H,3-4,6-11H2,1-2H3. The maximum atomic E-state index is 8.60. The second kappa shape index (κ2) is 8.25. The van der Waals surface area contributed by atoms with Gasteiger partial charge in [-0.1, -0.05) is 25.6 Å². The molecule has 116 valence electrons. The number of ether oxygens (including phenoxy) is 1. The quantitative estimate of drug-likeness (QED) is 0.568. The van der Waals surface area contributed by atoms with E-state index in [1.165, 1.54) is 0 Å². The van der Waals surface area contributed by atoms with Crippen LogP contribution in [-0.4, -0.2) is 46.8 Å². The van der Waals surface area contributed by atoms with Crippen molar-refractivity contribution in [1.82, 2.24) is 14.8 Å². The zero-order valence-corrected chi connectivity index (χ0v) is 13.6. The molecule has 7 heteroatoms. The van der Waals surface area contributed by atoms with Crippen molar-refractivity contribution < 1.29 is 4.74 Å². The van der Waals surface area contributed by atoms with Crippen LogP contribution in [0.3, 0.4) is 0 Å². The van der Waals surface area contributed by atoms with Gasteiger partial charge in [-0.15, -0.1) is 10.2 Å². The van der Waals surface area contributed by atoms with Gasteiger partial charge in [0, 0.05) is 31.8 Å². The zero-order chi connectivity index (χ0) is 15.1. The molecule has 0 aromatic carbocycles. The minimum Gasteiger partial charge on any atom is -0.378 e. The fourth-order valence-corrected chi connectivity index (χ4v) is 3.11. The molecule has 1 aliphatic rings. The Morgan fingerprint density at radius 2 is 2.10 bits per heavy atom. The van der Waals surface area contributed by atoms with Crippen LogP contribution in [0.25, 0.3) is 0 Å². The second-order valence-electron chi connectivity index (χ2n) is 5.50. The molecule has 2 rings (SSSR count). The van der Waals surface area contributed by atoms with Crippen molar-refractivity contribution in [2.75, 3.05) is 37.0 Å². The number of unbranched alkanes of at least 4 members (excludes halogenated alkanes) is 1. The van der Waals surface area contributed by atoms with E-state index in [-0.39, 0.29) is 0 Å². The van der Waals surface area contributed by atoms with Crippen molar-refractivity contribution in [3.63, 3.8) is 0 Å². The Balaban J connectivity index is 2.08. The molecular weight excluding hydrogens is 286 g/mol. The van der Waals surface area contributed by atoms with Gasteiger partial charge in [0.2, 0.25) is 5.95 Å². The van der Waals surface area contributed by atoms with Gasteiger partial charge in [-0.25, -0.2) is 0 Å². The van der Waals surface area contributed by atoms with Crippen molar-refractivity contribution in [2.45, 2.75) is 38.4 Å². The summed E-state index contributed by atoms with van der Waals surface area (Å²) in [5, 5.41) is 18.3. The zero-order valence-electron chi connectivity index (χ0n) is 12.8. The molecule has 0 spiro atoms. The first kappa shape index (κ1) is 16.1. The van der Waals surface area contributed by atoms with Crippen LogP contribution in [-0.2, 0) is 11.3 Å². The molecule has 2 heterocycles. The normalized spacial score (nSPS) is 15.4. The SMILES string of the molecule is CC(C)Cn1c(SCCCC#N)nnc1N1CCOCC1. The van der Waals surface area contributed by atoms with Gasteiger partial charge in [-0.3, -0.25) is 4.57 Å². The molecule has 0 amide bonds. The van der Waals surface area contributed by atoms with Crippen molar-refractivity contribution in [3.05, 3.63) is 0 Å². The number of anilines is 1. The molecular formula is C14H23N5OS. The number of rotatable bonds is 7. The van der Waals surface area contributed by atoms with Gasteiger partial charge in [0.1, 0.15) is 0 Å². The van der Waals surface area contributed by atoms with Gasteiger partial charge in [-0.05, 0) is 12.3 Å². The summed E-state index contributed by atoms with van der Waals surface area (Å²) in [6.45, 7) is 8.56. The molecule has 1 aromatic heterocycles. The predicted molar refractivity (Wildman–Crippen MR) is 83.5 cm³/mol. The highest BCUT2D eigenvalue weighted by atomic mass is 32.2. The number of thioether (sulfide) groups is 1. The summed E-state index contributed by atoms with van der Waals surface area (Å²) >= 11 is 1.69. The van der Waals surface area contributed by atoms with Crippen molar-refractivity contribution in [1.29, 1.82) is 5.26 Å². The average Bonchev–Trinajstić information content (AvgIpc) is 2.87. The number of nitrogens with zero attached hydrogens (tertiary/aromatic N) is 5. The van der Waals surface area contributed by atoms with E-state index < -0.39 is 0 Å². The number of morpholine rings is 1. The van der Waals surface area contributed by atoms with E-state index in [4.69, 9.17) is 10.00 Å². The summed E-state index contributed by atoms with van der Waals surface area (Å²) in [6.07, 6.45) is 1.49. The molecule has 0 bridgehead atoms. The van der Waals surface area contributed by atoms with Crippen LogP contribution in [0.1, 0.15) is 26.7 Å². The second-order valence-corrected chi connectivity index (χ2v) is 6.56. The molecule has 21 heavy (non-hydrogen) atoms. The van der Waals surface area contributed by atoms with Gasteiger partial charge in [0.25, 0.3) is 0 Å². The van der Waals surface area contributed by atoms with Crippen LogP contribution < -0.4 is 4.90 Å². The van der Waals surface area contributed by atoms with E-state index >= 15 is 0 Å². The molecule has 6 nitrogen and oxygen atoms in total. The molecule has 1 saturated heterocycles. The minimum absolute atomic E-state index is 0.541. The van der Waals surface area contributed by atoms with Crippen molar-refractivity contribution >= 4 is 17.7 Å². The molecule has 0 atom stereocenters. The summed E-state index contributed by atoms with van der Waals surface area (Å²) in [5.41, 5.74) is 0. The minimum atomic E-state index is 0.541.